The molecule has 2 heterocycles. The molecule has 96 valence electrons. The third-order valence-corrected chi connectivity index (χ3v) is 4.42. The fourth-order valence-electron chi connectivity index (χ4n) is 2.10. The highest BCUT2D eigenvalue weighted by Crippen LogP contribution is 2.23. The standard InChI is InChI=1S/C12H19ClN2OS/c1-2-15-5-6-16-11(8-15)10(14)7-9-3-4-12(13)17-9/h3-4,10-11H,2,5-8,14H2,1H3. The minimum absolute atomic E-state index is 0.0547. The maximum Gasteiger partial charge on any atom is 0.0931 e. The number of nitrogens with two attached hydrogens (primary N) is 1. The van der Waals surface area contributed by atoms with E-state index in [1.165, 1.54) is 4.88 Å². The average Bonchev–Trinajstić information content (AvgIpc) is 2.75. The van der Waals surface area contributed by atoms with Crippen LogP contribution < -0.4 is 5.73 Å². The van der Waals surface area contributed by atoms with Crippen LogP contribution in [0.5, 0.6) is 0 Å². The highest BCUT2D eigenvalue weighted by molar-refractivity contribution is 7.16. The van der Waals surface area contributed by atoms with Crippen LogP contribution in [0.2, 0.25) is 4.34 Å². The summed E-state index contributed by atoms with van der Waals surface area (Å²) >= 11 is 7.52. The van der Waals surface area contributed by atoms with Gasteiger partial charge in [0.2, 0.25) is 0 Å². The van der Waals surface area contributed by atoms with Gasteiger partial charge in [-0.2, -0.15) is 0 Å². The van der Waals surface area contributed by atoms with Crippen molar-refractivity contribution in [3.63, 3.8) is 0 Å². The number of nitrogens with zero attached hydrogens (tertiary/aromatic N) is 1. The van der Waals surface area contributed by atoms with Crippen molar-refractivity contribution < 1.29 is 4.74 Å². The number of likely N-dealkylation sites (N-methyl/N-ethyl adjacent to an activating group) is 1. The SMILES string of the molecule is CCN1CCOC(C(N)Cc2ccc(Cl)s2)C1. The van der Waals surface area contributed by atoms with Gasteiger partial charge >= 0.3 is 0 Å². The van der Waals surface area contributed by atoms with E-state index in [1.807, 2.05) is 12.1 Å². The summed E-state index contributed by atoms with van der Waals surface area (Å²) < 4.78 is 6.58. The lowest BCUT2D eigenvalue weighted by Gasteiger charge is -2.35. The van der Waals surface area contributed by atoms with Gasteiger partial charge in [0.15, 0.2) is 0 Å². The Morgan fingerprint density at radius 3 is 3.12 bits per heavy atom. The minimum Gasteiger partial charge on any atom is -0.374 e. The van der Waals surface area contributed by atoms with Crippen LogP contribution in [0.25, 0.3) is 0 Å². The van der Waals surface area contributed by atoms with E-state index in [0.29, 0.717) is 0 Å². The largest absolute Gasteiger partial charge is 0.374 e. The van der Waals surface area contributed by atoms with Gasteiger partial charge in [0, 0.05) is 24.0 Å². The molecule has 3 nitrogen and oxygen atoms in total. The van der Waals surface area contributed by atoms with Crippen LogP contribution in [0.1, 0.15) is 11.8 Å². The third kappa shape index (κ3) is 3.66. The molecule has 1 aromatic rings. The summed E-state index contributed by atoms with van der Waals surface area (Å²) in [6.45, 7) is 5.99. The second-order valence-corrected chi connectivity index (χ2v) is 6.18. The average molecular weight is 275 g/mol. The Hall–Kier alpha value is -0.130. The van der Waals surface area contributed by atoms with E-state index >= 15 is 0 Å². The van der Waals surface area contributed by atoms with Crippen LogP contribution in [0.3, 0.4) is 0 Å². The van der Waals surface area contributed by atoms with E-state index in [4.69, 9.17) is 22.1 Å². The van der Waals surface area contributed by atoms with Crippen molar-refractivity contribution in [3.8, 4) is 0 Å². The topological polar surface area (TPSA) is 38.5 Å². The van der Waals surface area contributed by atoms with Gasteiger partial charge in [0.1, 0.15) is 0 Å². The summed E-state index contributed by atoms with van der Waals surface area (Å²) in [5.41, 5.74) is 6.22. The van der Waals surface area contributed by atoms with Crippen molar-refractivity contribution in [2.45, 2.75) is 25.5 Å². The Morgan fingerprint density at radius 1 is 1.65 bits per heavy atom. The van der Waals surface area contributed by atoms with Crippen molar-refractivity contribution in [2.75, 3.05) is 26.2 Å². The highest BCUT2D eigenvalue weighted by atomic mass is 35.5. The van der Waals surface area contributed by atoms with Crippen LogP contribution in [-0.4, -0.2) is 43.3 Å². The monoisotopic (exact) mass is 274 g/mol. The number of morpholine rings is 1. The molecule has 1 saturated heterocycles. The van der Waals surface area contributed by atoms with Crippen molar-refractivity contribution in [1.29, 1.82) is 0 Å². The van der Waals surface area contributed by atoms with E-state index in [9.17, 15) is 0 Å². The zero-order chi connectivity index (χ0) is 12.3. The predicted octanol–water partition coefficient (Wildman–Crippen LogP) is 1.99. The normalized spacial score (nSPS) is 23.8. The van der Waals surface area contributed by atoms with Gasteiger partial charge in [-0.3, -0.25) is 4.90 Å². The molecule has 1 fully saturated rings. The molecule has 2 unspecified atom stereocenters. The van der Waals surface area contributed by atoms with Crippen molar-refractivity contribution in [3.05, 3.63) is 21.3 Å². The van der Waals surface area contributed by atoms with E-state index in [-0.39, 0.29) is 12.1 Å². The van der Waals surface area contributed by atoms with Crippen molar-refractivity contribution in [1.82, 2.24) is 4.90 Å². The summed E-state index contributed by atoms with van der Waals surface area (Å²) in [7, 11) is 0. The van der Waals surface area contributed by atoms with Crippen molar-refractivity contribution in [2.24, 2.45) is 5.73 Å². The number of thiophene rings is 1. The molecule has 2 rings (SSSR count). The van der Waals surface area contributed by atoms with Gasteiger partial charge in [0.25, 0.3) is 0 Å². The van der Waals surface area contributed by atoms with Crippen LogP contribution in [0.4, 0.5) is 0 Å². The lowest BCUT2D eigenvalue weighted by Crippen LogP contribution is -2.51. The highest BCUT2D eigenvalue weighted by Gasteiger charge is 2.25. The number of rotatable bonds is 4. The van der Waals surface area contributed by atoms with Gasteiger partial charge in [-0.15, -0.1) is 11.3 Å². The first-order chi connectivity index (χ1) is 8.19. The molecule has 2 N–H and O–H groups in total. The Bertz CT molecular complexity index is 358. The zero-order valence-electron chi connectivity index (χ0n) is 10.1. The molecule has 0 bridgehead atoms. The lowest BCUT2D eigenvalue weighted by molar-refractivity contribution is -0.0384. The fourth-order valence-corrected chi connectivity index (χ4v) is 3.26. The van der Waals surface area contributed by atoms with E-state index in [1.54, 1.807) is 11.3 Å². The van der Waals surface area contributed by atoms with Crippen molar-refractivity contribution >= 4 is 22.9 Å². The molecule has 1 aromatic heterocycles. The van der Waals surface area contributed by atoms with Crippen LogP contribution in [0.15, 0.2) is 12.1 Å². The molecular formula is C12H19ClN2OS. The summed E-state index contributed by atoms with van der Waals surface area (Å²) in [5.74, 6) is 0. The molecule has 0 saturated carbocycles. The number of ether oxygens (including phenoxy) is 1. The molecule has 17 heavy (non-hydrogen) atoms. The first-order valence-corrected chi connectivity index (χ1v) is 7.22. The van der Waals surface area contributed by atoms with Gasteiger partial charge in [0.05, 0.1) is 17.0 Å². The lowest BCUT2D eigenvalue weighted by atomic mass is 10.1. The van der Waals surface area contributed by atoms with Crippen LogP contribution >= 0.6 is 22.9 Å². The first kappa shape index (κ1) is 13.3. The van der Waals surface area contributed by atoms with Crippen LogP contribution in [0, 0.1) is 0 Å². The molecular weight excluding hydrogens is 256 g/mol. The summed E-state index contributed by atoms with van der Waals surface area (Å²) in [6.07, 6.45) is 0.990. The quantitative estimate of drug-likeness (QED) is 0.913. The summed E-state index contributed by atoms with van der Waals surface area (Å²) in [4.78, 5) is 3.62. The Labute approximate surface area is 112 Å². The molecule has 0 amide bonds. The summed E-state index contributed by atoms with van der Waals surface area (Å²) in [6, 6.07) is 4.03. The number of halogens is 1. The third-order valence-electron chi connectivity index (χ3n) is 3.17. The minimum atomic E-state index is 0.0547. The molecule has 0 radical (unpaired) electrons. The predicted molar refractivity (Wildman–Crippen MR) is 72.9 cm³/mol. The Balaban J connectivity index is 1.88. The van der Waals surface area contributed by atoms with E-state index < -0.39 is 0 Å². The molecule has 0 spiro atoms. The molecule has 1 aliphatic heterocycles. The number of hydrogen-bond donors (Lipinski definition) is 1. The van der Waals surface area contributed by atoms with Gasteiger partial charge < -0.3 is 10.5 Å². The second kappa shape index (κ2) is 6.16. The Kier molecular flexibility index (Phi) is 4.82. The van der Waals surface area contributed by atoms with Gasteiger partial charge in [-0.25, -0.2) is 0 Å². The van der Waals surface area contributed by atoms with E-state index in [2.05, 4.69) is 11.8 Å². The second-order valence-electron chi connectivity index (χ2n) is 4.38. The molecule has 5 heteroatoms. The van der Waals surface area contributed by atoms with E-state index in [0.717, 1.165) is 37.0 Å². The smallest absolute Gasteiger partial charge is 0.0931 e. The molecule has 1 aliphatic rings. The van der Waals surface area contributed by atoms with Gasteiger partial charge in [-0.05, 0) is 25.1 Å². The maximum atomic E-state index is 6.22. The van der Waals surface area contributed by atoms with Gasteiger partial charge in [-0.1, -0.05) is 18.5 Å². The maximum absolute atomic E-state index is 6.22. The molecule has 2 atom stereocenters. The fraction of sp³-hybridized carbons (Fsp3) is 0.667. The molecule has 0 aromatic carbocycles. The molecule has 0 aliphatic carbocycles. The van der Waals surface area contributed by atoms with Crippen LogP contribution in [-0.2, 0) is 11.2 Å². The first-order valence-electron chi connectivity index (χ1n) is 6.02. The Morgan fingerprint density at radius 2 is 2.47 bits per heavy atom. The summed E-state index contributed by atoms with van der Waals surface area (Å²) in [5, 5.41) is 0. The number of hydrogen-bond acceptors (Lipinski definition) is 4. The zero-order valence-corrected chi connectivity index (χ0v) is 11.6.